The Kier molecular flexibility index (Phi) is 8.93. The predicted octanol–water partition coefficient (Wildman–Crippen LogP) is -0.532. The Morgan fingerprint density at radius 1 is 1.04 bits per heavy atom. The fourth-order valence-corrected chi connectivity index (χ4v) is 2.30. The maximum atomic E-state index is 9.89. The van der Waals surface area contributed by atoms with Crippen molar-refractivity contribution in [2.24, 2.45) is 0 Å². The van der Waals surface area contributed by atoms with Crippen LogP contribution in [0.1, 0.15) is 26.7 Å². The zero-order chi connectivity index (χ0) is 17.4. The number of rotatable bonds is 8. The molecule has 5 atom stereocenters. The van der Waals surface area contributed by atoms with Crippen molar-refractivity contribution in [2.45, 2.75) is 57.4 Å². The lowest BCUT2D eigenvalue weighted by Gasteiger charge is -2.39. The van der Waals surface area contributed by atoms with E-state index in [-0.39, 0.29) is 13.2 Å². The van der Waals surface area contributed by atoms with Crippen LogP contribution in [-0.2, 0) is 9.47 Å². The van der Waals surface area contributed by atoms with Gasteiger partial charge in [-0.25, -0.2) is 0 Å². The highest BCUT2D eigenvalue weighted by molar-refractivity contribution is 5.06. The standard InChI is InChI=1S/C16H28O7/c1-10(2)4-3-5-11(6-7-17)9-22-16-15(21)14(20)13(19)12(8-18)23-16/h4,6,12-21H,3,5,7-9H2,1-2H3/t12-,13-,14+,15-,16-/m1/s1. The van der Waals surface area contributed by atoms with Crippen molar-refractivity contribution in [3.8, 4) is 0 Å². The van der Waals surface area contributed by atoms with Gasteiger partial charge in [-0.1, -0.05) is 17.7 Å². The van der Waals surface area contributed by atoms with Crippen LogP contribution >= 0.6 is 0 Å². The highest BCUT2D eigenvalue weighted by atomic mass is 16.7. The molecular formula is C16H28O7. The SMILES string of the molecule is CC(C)=CCCC(=CCO)CO[C@@H]1O[C@H](CO)[C@@H](O)[C@H](O)[C@H]1O. The van der Waals surface area contributed by atoms with Gasteiger partial charge in [0.15, 0.2) is 6.29 Å². The highest BCUT2D eigenvalue weighted by Gasteiger charge is 2.43. The van der Waals surface area contributed by atoms with Crippen LogP contribution in [0.3, 0.4) is 0 Å². The number of aliphatic hydroxyl groups excluding tert-OH is 5. The molecule has 1 heterocycles. The molecule has 0 bridgehead atoms. The van der Waals surface area contributed by atoms with Crippen molar-refractivity contribution < 1.29 is 35.0 Å². The summed E-state index contributed by atoms with van der Waals surface area (Å²) in [5.41, 5.74) is 2.03. The number of hydrogen-bond donors (Lipinski definition) is 5. The smallest absolute Gasteiger partial charge is 0.187 e. The van der Waals surface area contributed by atoms with Gasteiger partial charge in [-0.3, -0.25) is 0 Å². The van der Waals surface area contributed by atoms with Crippen molar-refractivity contribution in [3.05, 3.63) is 23.3 Å². The largest absolute Gasteiger partial charge is 0.394 e. The van der Waals surface area contributed by atoms with Gasteiger partial charge < -0.3 is 35.0 Å². The van der Waals surface area contributed by atoms with Crippen molar-refractivity contribution in [3.63, 3.8) is 0 Å². The van der Waals surface area contributed by atoms with Gasteiger partial charge in [0.2, 0.25) is 0 Å². The van der Waals surface area contributed by atoms with Gasteiger partial charge in [-0.05, 0) is 32.3 Å². The zero-order valence-corrected chi connectivity index (χ0v) is 13.6. The lowest BCUT2D eigenvalue weighted by Crippen LogP contribution is -2.59. The van der Waals surface area contributed by atoms with E-state index in [1.54, 1.807) is 6.08 Å². The zero-order valence-electron chi connectivity index (χ0n) is 13.6. The Balaban J connectivity index is 2.58. The summed E-state index contributed by atoms with van der Waals surface area (Å²) in [6.07, 6.45) is -1.25. The summed E-state index contributed by atoms with van der Waals surface area (Å²) < 4.78 is 10.7. The molecule has 0 spiro atoms. The van der Waals surface area contributed by atoms with Crippen LogP contribution in [0.5, 0.6) is 0 Å². The van der Waals surface area contributed by atoms with Crippen LogP contribution in [0.15, 0.2) is 23.3 Å². The van der Waals surface area contributed by atoms with Crippen molar-refractivity contribution in [1.82, 2.24) is 0 Å². The number of hydrogen-bond acceptors (Lipinski definition) is 7. The summed E-state index contributed by atoms with van der Waals surface area (Å²) in [6.45, 7) is 3.49. The van der Waals surface area contributed by atoms with Gasteiger partial charge in [-0.2, -0.15) is 0 Å². The first-order valence-corrected chi connectivity index (χ1v) is 7.75. The van der Waals surface area contributed by atoms with E-state index in [4.69, 9.17) is 19.7 Å². The number of ether oxygens (including phenoxy) is 2. The van der Waals surface area contributed by atoms with E-state index < -0.39 is 37.3 Å². The van der Waals surface area contributed by atoms with E-state index in [9.17, 15) is 15.3 Å². The summed E-state index contributed by atoms with van der Waals surface area (Å²) in [4.78, 5) is 0. The monoisotopic (exact) mass is 332 g/mol. The molecule has 0 aromatic carbocycles. The summed E-state index contributed by atoms with van der Waals surface area (Å²) in [7, 11) is 0. The van der Waals surface area contributed by atoms with Gasteiger partial charge >= 0.3 is 0 Å². The molecule has 0 unspecified atom stereocenters. The van der Waals surface area contributed by atoms with E-state index in [0.29, 0.717) is 6.42 Å². The van der Waals surface area contributed by atoms with Crippen molar-refractivity contribution >= 4 is 0 Å². The predicted molar refractivity (Wildman–Crippen MR) is 83.6 cm³/mol. The second kappa shape index (κ2) is 10.1. The molecule has 0 aliphatic carbocycles. The van der Waals surface area contributed by atoms with Crippen LogP contribution in [0.2, 0.25) is 0 Å². The van der Waals surface area contributed by atoms with Gasteiger partial charge in [0, 0.05) is 0 Å². The molecule has 0 aromatic heterocycles. The van der Waals surface area contributed by atoms with Gasteiger partial charge in [0.1, 0.15) is 24.4 Å². The molecule has 23 heavy (non-hydrogen) atoms. The molecule has 1 rings (SSSR count). The maximum Gasteiger partial charge on any atom is 0.187 e. The molecule has 7 nitrogen and oxygen atoms in total. The van der Waals surface area contributed by atoms with E-state index in [1.807, 2.05) is 13.8 Å². The topological polar surface area (TPSA) is 120 Å². The average molecular weight is 332 g/mol. The molecule has 7 heteroatoms. The van der Waals surface area contributed by atoms with Gasteiger partial charge in [-0.15, -0.1) is 0 Å². The molecular weight excluding hydrogens is 304 g/mol. The summed E-state index contributed by atoms with van der Waals surface area (Å²) in [5.74, 6) is 0. The Labute approximate surface area is 136 Å². The fourth-order valence-electron chi connectivity index (χ4n) is 2.30. The van der Waals surface area contributed by atoms with Crippen LogP contribution in [0.25, 0.3) is 0 Å². The normalized spacial score (nSPS) is 32.0. The lowest BCUT2D eigenvalue weighted by molar-refractivity contribution is -0.299. The molecule has 134 valence electrons. The minimum absolute atomic E-state index is 0.111. The van der Waals surface area contributed by atoms with Crippen molar-refractivity contribution in [1.29, 1.82) is 0 Å². The minimum atomic E-state index is -1.46. The average Bonchev–Trinajstić information content (AvgIpc) is 2.51. The maximum absolute atomic E-state index is 9.89. The number of aliphatic hydroxyl groups is 5. The third-order valence-corrected chi connectivity index (χ3v) is 3.68. The molecule has 0 aromatic rings. The minimum Gasteiger partial charge on any atom is -0.394 e. The lowest BCUT2D eigenvalue weighted by atomic mass is 9.99. The second-order valence-corrected chi connectivity index (χ2v) is 5.87. The third kappa shape index (κ3) is 6.31. The van der Waals surface area contributed by atoms with Crippen LogP contribution in [0.4, 0.5) is 0 Å². The first kappa shape index (κ1) is 20.2. The van der Waals surface area contributed by atoms with Crippen LogP contribution in [0, 0.1) is 0 Å². The summed E-state index contributed by atoms with van der Waals surface area (Å²) >= 11 is 0. The molecule has 1 fully saturated rings. The van der Waals surface area contributed by atoms with E-state index in [2.05, 4.69) is 6.08 Å². The molecule has 1 aliphatic rings. The molecule has 1 saturated heterocycles. The molecule has 5 N–H and O–H groups in total. The summed E-state index contributed by atoms with van der Waals surface area (Å²) in [6, 6.07) is 0. The van der Waals surface area contributed by atoms with Crippen LogP contribution in [-0.4, -0.2) is 76.1 Å². The quantitative estimate of drug-likeness (QED) is 0.379. The fraction of sp³-hybridized carbons (Fsp3) is 0.750. The Hall–Kier alpha value is -0.800. The summed E-state index contributed by atoms with van der Waals surface area (Å²) in [5, 5.41) is 47.5. The third-order valence-electron chi connectivity index (χ3n) is 3.68. The van der Waals surface area contributed by atoms with Crippen molar-refractivity contribution in [2.75, 3.05) is 19.8 Å². The molecule has 0 radical (unpaired) electrons. The Bertz CT molecular complexity index is 401. The molecule has 0 amide bonds. The second-order valence-electron chi connectivity index (χ2n) is 5.87. The van der Waals surface area contributed by atoms with Gasteiger partial charge in [0.25, 0.3) is 0 Å². The van der Waals surface area contributed by atoms with E-state index in [1.165, 1.54) is 5.57 Å². The first-order valence-electron chi connectivity index (χ1n) is 7.75. The Morgan fingerprint density at radius 3 is 2.30 bits per heavy atom. The van der Waals surface area contributed by atoms with E-state index in [0.717, 1.165) is 12.0 Å². The Morgan fingerprint density at radius 2 is 1.74 bits per heavy atom. The first-order chi connectivity index (χ1) is 10.9. The van der Waals surface area contributed by atoms with Crippen LogP contribution < -0.4 is 0 Å². The highest BCUT2D eigenvalue weighted by Crippen LogP contribution is 2.22. The van der Waals surface area contributed by atoms with Gasteiger partial charge in [0.05, 0.1) is 19.8 Å². The molecule has 0 saturated carbocycles. The number of allylic oxidation sites excluding steroid dienone is 2. The van der Waals surface area contributed by atoms with E-state index >= 15 is 0 Å². The molecule has 1 aliphatic heterocycles.